The molecule has 0 spiro atoms. The van der Waals surface area contributed by atoms with Crippen LogP contribution in [0, 0.1) is 6.92 Å². The molecule has 1 heterocycles. The first-order valence-electron chi connectivity index (χ1n) is 9.31. The van der Waals surface area contributed by atoms with E-state index in [4.69, 9.17) is 23.2 Å². The molecular formula is C20H24Cl2N3O3S+. The fourth-order valence-corrected chi connectivity index (χ4v) is 5.11. The maximum atomic E-state index is 13.4. The van der Waals surface area contributed by atoms with Crippen molar-refractivity contribution in [2.45, 2.75) is 11.8 Å². The van der Waals surface area contributed by atoms with Gasteiger partial charge in [0.2, 0.25) is 5.91 Å². The molecule has 0 atom stereocenters. The Hall–Kier alpha value is -1.80. The molecule has 6 nitrogen and oxygen atoms in total. The van der Waals surface area contributed by atoms with E-state index < -0.39 is 10.0 Å². The predicted molar refractivity (Wildman–Crippen MR) is 115 cm³/mol. The molecule has 9 heteroatoms. The summed E-state index contributed by atoms with van der Waals surface area (Å²) in [6.07, 6.45) is 0. The number of piperazine rings is 1. The smallest absolute Gasteiger partial charge is 0.264 e. The van der Waals surface area contributed by atoms with Gasteiger partial charge in [0.1, 0.15) is 6.54 Å². The number of halogens is 2. The van der Waals surface area contributed by atoms with Gasteiger partial charge >= 0.3 is 0 Å². The van der Waals surface area contributed by atoms with Crippen molar-refractivity contribution < 1.29 is 18.1 Å². The Bertz CT molecular complexity index is 968. The molecule has 1 saturated heterocycles. The second-order valence-electron chi connectivity index (χ2n) is 7.29. The summed E-state index contributed by atoms with van der Waals surface area (Å²) < 4.78 is 27.9. The fraction of sp³-hybridized carbons (Fsp3) is 0.350. The maximum Gasteiger partial charge on any atom is 0.264 e. The molecular weight excluding hydrogens is 433 g/mol. The normalized spacial score (nSPS) is 15.4. The molecule has 1 fully saturated rings. The molecule has 0 saturated carbocycles. The third-order valence-electron chi connectivity index (χ3n) is 4.99. The van der Waals surface area contributed by atoms with Gasteiger partial charge < -0.3 is 9.80 Å². The standard InChI is InChI=1S/C20H23Cl2N3O3S/c1-15-3-5-19(6-4-15)29(27,28)25(18-12-16(21)11-17(22)13-18)14-20(26)24-9-7-23(2)8-10-24/h3-6,11-13H,7-10,14H2,1-2H3/p+1. The number of hydrogen-bond acceptors (Lipinski definition) is 3. The minimum absolute atomic E-state index is 0.106. The molecule has 1 amide bonds. The van der Waals surface area contributed by atoms with Crippen LogP contribution in [0.1, 0.15) is 5.56 Å². The molecule has 0 bridgehead atoms. The highest BCUT2D eigenvalue weighted by molar-refractivity contribution is 7.92. The lowest BCUT2D eigenvalue weighted by Gasteiger charge is -2.32. The Morgan fingerprint density at radius 3 is 2.17 bits per heavy atom. The first kappa shape index (κ1) is 21.9. The number of sulfonamides is 1. The van der Waals surface area contributed by atoms with Crippen molar-refractivity contribution in [2.24, 2.45) is 0 Å². The summed E-state index contributed by atoms with van der Waals surface area (Å²) in [6, 6.07) is 11.0. The second-order valence-corrected chi connectivity index (χ2v) is 10.0. The van der Waals surface area contributed by atoms with Crippen LogP contribution >= 0.6 is 23.2 Å². The number of benzene rings is 2. The number of amides is 1. The van der Waals surface area contributed by atoms with Crippen molar-refractivity contribution in [3.05, 3.63) is 58.1 Å². The topological polar surface area (TPSA) is 62.1 Å². The molecule has 0 aromatic heterocycles. The average Bonchev–Trinajstić information content (AvgIpc) is 2.66. The average molecular weight is 457 g/mol. The number of nitrogens with one attached hydrogen (secondary N) is 1. The first-order valence-corrected chi connectivity index (χ1v) is 11.5. The monoisotopic (exact) mass is 456 g/mol. The van der Waals surface area contributed by atoms with Crippen molar-refractivity contribution in [2.75, 3.05) is 44.1 Å². The van der Waals surface area contributed by atoms with Crippen molar-refractivity contribution in [1.29, 1.82) is 0 Å². The largest absolute Gasteiger partial charge is 0.334 e. The van der Waals surface area contributed by atoms with Gasteiger partial charge in [-0.2, -0.15) is 0 Å². The van der Waals surface area contributed by atoms with Gasteiger partial charge in [0, 0.05) is 10.0 Å². The quantitative estimate of drug-likeness (QED) is 0.746. The summed E-state index contributed by atoms with van der Waals surface area (Å²) in [6.45, 7) is 4.42. The molecule has 3 rings (SSSR count). The summed E-state index contributed by atoms with van der Waals surface area (Å²) in [5.41, 5.74) is 1.20. The molecule has 0 aliphatic carbocycles. The number of anilines is 1. The highest BCUT2D eigenvalue weighted by Gasteiger charge is 2.30. The summed E-state index contributed by atoms with van der Waals surface area (Å²) in [7, 11) is -1.91. The Morgan fingerprint density at radius 2 is 1.62 bits per heavy atom. The molecule has 2 aromatic rings. The Labute approximate surface area is 181 Å². The van der Waals surface area contributed by atoms with Crippen LogP contribution in [-0.2, 0) is 14.8 Å². The number of nitrogens with zero attached hydrogens (tertiary/aromatic N) is 2. The minimum Gasteiger partial charge on any atom is -0.334 e. The molecule has 2 aromatic carbocycles. The van der Waals surface area contributed by atoms with E-state index >= 15 is 0 Å². The van der Waals surface area contributed by atoms with E-state index in [1.54, 1.807) is 17.0 Å². The Kier molecular flexibility index (Phi) is 6.73. The minimum atomic E-state index is -3.99. The van der Waals surface area contributed by atoms with E-state index in [-0.39, 0.29) is 23.0 Å². The van der Waals surface area contributed by atoms with Crippen molar-refractivity contribution in [3.8, 4) is 0 Å². The van der Waals surface area contributed by atoms with Gasteiger partial charge in [-0.1, -0.05) is 40.9 Å². The summed E-state index contributed by atoms with van der Waals surface area (Å²) in [4.78, 5) is 16.1. The summed E-state index contributed by atoms with van der Waals surface area (Å²) in [5, 5.41) is 0.597. The fourth-order valence-electron chi connectivity index (χ4n) is 3.20. The van der Waals surface area contributed by atoms with E-state index in [0.29, 0.717) is 23.1 Å². The zero-order chi connectivity index (χ0) is 21.2. The molecule has 0 unspecified atom stereocenters. The van der Waals surface area contributed by atoms with E-state index in [9.17, 15) is 13.2 Å². The maximum absolute atomic E-state index is 13.4. The third kappa shape index (κ3) is 5.22. The lowest BCUT2D eigenvalue weighted by Crippen LogP contribution is -3.12. The van der Waals surface area contributed by atoms with Crippen LogP contribution in [0.5, 0.6) is 0 Å². The highest BCUT2D eigenvalue weighted by atomic mass is 35.5. The molecule has 1 aliphatic heterocycles. The number of carbonyl (C=O) groups excluding carboxylic acids is 1. The summed E-state index contributed by atoms with van der Waals surface area (Å²) >= 11 is 12.2. The van der Waals surface area contributed by atoms with Crippen LogP contribution in [-0.4, -0.2) is 59.0 Å². The van der Waals surface area contributed by atoms with E-state index in [0.717, 1.165) is 23.0 Å². The van der Waals surface area contributed by atoms with Crippen LogP contribution in [0.4, 0.5) is 5.69 Å². The number of likely N-dealkylation sites (N-methyl/N-ethyl adjacent to an activating group) is 1. The molecule has 156 valence electrons. The summed E-state index contributed by atoms with van der Waals surface area (Å²) in [5.74, 6) is -0.246. The van der Waals surface area contributed by atoms with Crippen molar-refractivity contribution in [1.82, 2.24) is 4.90 Å². The van der Waals surface area contributed by atoms with Crippen LogP contribution < -0.4 is 9.21 Å². The van der Waals surface area contributed by atoms with Gasteiger partial charge in [0.05, 0.1) is 43.8 Å². The Morgan fingerprint density at radius 1 is 1.07 bits per heavy atom. The van der Waals surface area contributed by atoms with E-state index in [1.165, 1.54) is 35.2 Å². The first-order chi connectivity index (χ1) is 13.7. The number of quaternary nitrogens is 1. The SMILES string of the molecule is Cc1ccc(S(=O)(=O)N(CC(=O)N2CC[NH+](C)CC2)c2cc(Cl)cc(Cl)c2)cc1. The van der Waals surface area contributed by atoms with Gasteiger partial charge in [-0.05, 0) is 37.3 Å². The number of carbonyl (C=O) groups is 1. The van der Waals surface area contributed by atoms with Crippen molar-refractivity contribution >= 4 is 44.8 Å². The molecule has 29 heavy (non-hydrogen) atoms. The lowest BCUT2D eigenvalue weighted by molar-refractivity contribution is -0.883. The molecule has 1 N–H and O–H groups in total. The zero-order valence-corrected chi connectivity index (χ0v) is 18.7. The molecule has 0 radical (unpaired) electrons. The van der Waals surface area contributed by atoms with Gasteiger partial charge in [0.25, 0.3) is 10.0 Å². The van der Waals surface area contributed by atoms with Crippen LogP contribution in [0.15, 0.2) is 47.4 Å². The third-order valence-corrected chi connectivity index (χ3v) is 7.22. The van der Waals surface area contributed by atoms with Gasteiger partial charge in [-0.15, -0.1) is 0 Å². The van der Waals surface area contributed by atoms with E-state index in [1.807, 2.05) is 6.92 Å². The van der Waals surface area contributed by atoms with Crippen LogP contribution in [0.25, 0.3) is 0 Å². The Balaban J connectivity index is 1.97. The van der Waals surface area contributed by atoms with E-state index in [2.05, 4.69) is 7.05 Å². The van der Waals surface area contributed by atoms with Crippen LogP contribution in [0.3, 0.4) is 0 Å². The van der Waals surface area contributed by atoms with Crippen molar-refractivity contribution in [3.63, 3.8) is 0 Å². The predicted octanol–water partition coefficient (Wildman–Crippen LogP) is 1.85. The number of hydrogen-bond donors (Lipinski definition) is 1. The van der Waals surface area contributed by atoms with Crippen LogP contribution in [0.2, 0.25) is 10.0 Å². The number of aryl methyl sites for hydroxylation is 1. The van der Waals surface area contributed by atoms with Gasteiger partial charge in [-0.3, -0.25) is 9.10 Å². The van der Waals surface area contributed by atoms with Gasteiger partial charge in [-0.25, -0.2) is 8.42 Å². The lowest BCUT2D eigenvalue weighted by atomic mass is 10.2. The zero-order valence-electron chi connectivity index (χ0n) is 16.4. The second kappa shape index (κ2) is 8.92. The highest BCUT2D eigenvalue weighted by Crippen LogP contribution is 2.30. The molecule has 1 aliphatic rings. The number of rotatable bonds is 5. The van der Waals surface area contributed by atoms with Gasteiger partial charge in [0.15, 0.2) is 0 Å².